The zero-order valence-corrected chi connectivity index (χ0v) is 18.4. The van der Waals surface area contributed by atoms with Crippen LogP contribution in [0.3, 0.4) is 0 Å². The number of halogens is 8. The molecule has 0 saturated carbocycles. The molecule has 1 N–H and O–H groups in total. The van der Waals surface area contributed by atoms with Gasteiger partial charge >= 0.3 is 12.4 Å². The Bertz CT molecular complexity index is 941. The number of hydrogen-bond donors (Lipinski definition) is 1. The molecule has 1 saturated heterocycles. The van der Waals surface area contributed by atoms with Crippen molar-refractivity contribution in [2.24, 2.45) is 4.99 Å². The molecule has 1 fully saturated rings. The smallest absolute Gasteiger partial charge is 0.299 e. The highest BCUT2D eigenvalue weighted by Crippen LogP contribution is 2.35. The summed E-state index contributed by atoms with van der Waals surface area (Å²) in [5, 5.41) is 2.52. The molecule has 2 aromatic carbocycles. The van der Waals surface area contributed by atoms with Crippen LogP contribution in [0.4, 0.5) is 35.1 Å². The van der Waals surface area contributed by atoms with Gasteiger partial charge < -0.3 is 0 Å². The average Bonchev–Trinajstić information content (AvgIpc) is 3.46. The lowest BCUT2D eigenvalue weighted by atomic mass is 10.0. The monoisotopic (exact) mass is 511 g/mol. The molecule has 0 aliphatic carbocycles. The number of hydrogen-bond acceptors (Lipinski definition) is 2. The summed E-state index contributed by atoms with van der Waals surface area (Å²) in [5.74, 6) is -0.782. The summed E-state index contributed by atoms with van der Waals surface area (Å²) in [4.78, 5) is 3.63. The van der Waals surface area contributed by atoms with Crippen LogP contribution in [0.15, 0.2) is 53.5 Å². The predicted molar refractivity (Wildman–Crippen MR) is 121 cm³/mol. The molecule has 2 aliphatic heterocycles. The fraction of sp³-hybridized carbons (Fsp3) is 0.480. The van der Waals surface area contributed by atoms with Crippen molar-refractivity contribution >= 4 is 5.71 Å². The van der Waals surface area contributed by atoms with Crippen LogP contribution < -0.4 is 5.32 Å². The highest BCUT2D eigenvalue weighted by molar-refractivity contribution is 5.91. The second kappa shape index (κ2) is 13.0. The average molecular weight is 512 g/mol. The van der Waals surface area contributed by atoms with Crippen LogP contribution in [0.25, 0.3) is 0 Å². The van der Waals surface area contributed by atoms with Crippen LogP contribution in [-0.2, 0) is 0 Å². The lowest BCUT2D eigenvalue weighted by Gasteiger charge is -2.17. The molecule has 0 radical (unpaired) electrons. The third-order valence-corrected chi connectivity index (χ3v) is 5.36. The lowest BCUT2D eigenvalue weighted by Crippen LogP contribution is -2.38. The number of alkyl halides is 6. The number of benzene rings is 2. The molecule has 0 bridgehead atoms. The first-order valence-electron chi connectivity index (χ1n) is 11.3. The first kappa shape index (κ1) is 28.7. The summed E-state index contributed by atoms with van der Waals surface area (Å²) in [6.07, 6.45) is -7.77. The van der Waals surface area contributed by atoms with Crippen molar-refractivity contribution < 1.29 is 36.5 Å². The molecule has 35 heavy (non-hydrogen) atoms. The molecular weight excluding hydrogens is 480 g/mol. The Morgan fingerprint density at radius 1 is 0.829 bits per heavy atom. The summed E-state index contributed by atoms with van der Waals surface area (Å²) >= 11 is 0. The zero-order valence-electron chi connectivity index (χ0n) is 19.4. The number of rotatable bonds is 2. The van der Waals surface area contributed by atoms with Crippen molar-refractivity contribution in [2.45, 2.75) is 77.4 Å². The third kappa shape index (κ3) is 8.91. The standard InChI is InChI=1S/C11H11F4N.C11H9F4N.C2H6.CH4/c2*12-8-3-1-7(2-4-8)9-5-6-10(16-9)11(13,14)15;1-2;/h1-4,9-10,16H,5-6H2;1-4,9H,5-6H2;1-2H3;1H4/t9-,10+;9-;;/m00../s1/i;;1D;. The molecule has 0 unspecified atom stereocenters. The van der Waals surface area contributed by atoms with Gasteiger partial charge in [0.2, 0.25) is 0 Å². The van der Waals surface area contributed by atoms with Crippen LogP contribution in [0.1, 0.15) is 71.5 Å². The van der Waals surface area contributed by atoms with Gasteiger partial charge in [0.25, 0.3) is 0 Å². The second-order valence-electron chi connectivity index (χ2n) is 7.62. The fourth-order valence-corrected chi connectivity index (χ4v) is 3.69. The molecule has 2 aromatic rings. The Morgan fingerprint density at radius 2 is 1.31 bits per heavy atom. The molecule has 4 rings (SSSR count). The van der Waals surface area contributed by atoms with Crippen molar-refractivity contribution in [1.82, 2.24) is 5.32 Å². The topological polar surface area (TPSA) is 24.4 Å². The van der Waals surface area contributed by atoms with E-state index >= 15 is 0 Å². The van der Waals surface area contributed by atoms with Gasteiger partial charge in [-0.15, -0.1) is 0 Å². The summed E-state index contributed by atoms with van der Waals surface area (Å²) in [7, 11) is 0. The van der Waals surface area contributed by atoms with Gasteiger partial charge in [-0.05, 0) is 61.1 Å². The van der Waals surface area contributed by atoms with Gasteiger partial charge in [-0.2, -0.15) is 26.3 Å². The normalized spacial score (nSPS) is 22.0. The van der Waals surface area contributed by atoms with Crippen LogP contribution in [0.5, 0.6) is 0 Å². The van der Waals surface area contributed by atoms with E-state index in [1.54, 1.807) is 6.92 Å². The Morgan fingerprint density at radius 3 is 1.71 bits per heavy atom. The van der Waals surface area contributed by atoms with Gasteiger partial charge in [0, 0.05) is 7.41 Å². The maximum atomic E-state index is 12.6. The van der Waals surface area contributed by atoms with E-state index in [1.165, 1.54) is 48.5 Å². The van der Waals surface area contributed by atoms with E-state index < -0.39 is 36.0 Å². The van der Waals surface area contributed by atoms with Gasteiger partial charge in [-0.1, -0.05) is 45.5 Å². The van der Waals surface area contributed by atoms with Crippen molar-refractivity contribution in [3.05, 3.63) is 71.3 Å². The van der Waals surface area contributed by atoms with E-state index in [9.17, 15) is 35.1 Å². The number of nitrogens with zero attached hydrogens (tertiary/aromatic N) is 1. The SMILES string of the molecule is C.Fc1ccc([C@@H]2CCC(C(F)(F)F)=N2)cc1.Fc1ccc([C@@H]2CC[C@H](C(F)(F)F)N2)cc1.[2H]CC. The van der Waals surface area contributed by atoms with Crippen molar-refractivity contribution in [2.75, 3.05) is 0 Å². The van der Waals surface area contributed by atoms with Gasteiger partial charge in [0.1, 0.15) is 23.4 Å². The molecule has 3 atom stereocenters. The van der Waals surface area contributed by atoms with E-state index in [0.29, 0.717) is 30.9 Å². The van der Waals surface area contributed by atoms with Crippen molar-refractivity contribution in [3.8, 4) is 0 Å². The van der Waals surface area contributed by atoms with E-state index in [0.717, 1.165) is 0 Å². The molecule has 10 heteroatoms. The molecule has 196 valence electrons. The maximum absolute atomic E-state index is 12.6. The molecular formula is C25H30F8N2. The quantitative estimate of drug-likeness (QED) is 0.402. The lowest BCUT2D eigenvalue weighted by molar-refractivity contribution is -0.152. The van der Waals surface area contributed by atoms with Gasteiger partial charge in [-0.3, -0.25) is 10.3 Å². The maximum Gasteiger partial charge on any atom is 0.429 e. The second-order valence-corrected chi connectivity index (χ2v) is 7.62. The minimum absolute atomic E-state index is 0. The van der Waals surface area contributed by atoms with Crippen molar-refractivity contribution in [1.29, 1.82) is 0 Å². The molecule has 0 spiro atoms. The molecule has 2 aliphatic rings. The number of nitrogens with one attached hydrogen (secondary N) is 1. The third-order valence-electron chi connectivity index (χ3n) is 5.36. The van der Waals surface area contributed by atoms with Crippen LogP contribution in [-0.4, -0.2) is 24.1 Å². The Hall–Kier alpha value is -2.49. The van der Waals surface area contributed by atoms with Gasteiger partial charge in [0.05, 0.1) is 6.04 Å². The first-order valence-corrected chi connectivity index (χ1v) is 10.6. The minimum atomic E-state index is -4.34. The highest BCUT2D eigenvalue weighted by atomic mass is 19.4. The van der Waals surface area contributed by atoms with E-state index in [-0.39, 0.29) is 32.1 Å². The Balaban J connectivity index is 0.000000317. The zero-order chi connectivity index (χ0) is 26.2. The van der Waals surface area contributed by atoms with Crippen LogP contribution in [0.2, 0.25) is 0 Å². The van der Waals surface area contributed by atoms with E-state index in [2.05, 4.69) is 10.3 Å². The highest BCUT2D eigenvalue weighted by Gasteiger charge is 2.44. The number of aliphatic imine (C=N–C) groups is 1. The molecule has 0 aromatic heterocycles. The summed E-state index contributed by atoms with van der Waals surface area (Å²) in [6, 6.07) is 8.72. The Labute approximate surface area is 201 Å². The summed E-state index contributed by atoms with van der Waals surface area (Å²) < 4.78 is 106. The van der Waals surface area contributed by atoms with E-state index in [1.807, 2.05) is 0 Å². The predicted octanol–water partition coefficient (Wildman–Crippen LogP) is 8.51. The minimum Gasteiger partial charge on any atom is -0.299 e. The summed E-state index contributed by atoms with van der Waals surface area (Å²) in [6.45, 7) is 2.29. The van der Waals surface area contributed by atoms with Crippen molar-refractivity contribution in [3.63, 3.8) is 0 Å². The molecule has 2 nitrogen and oxygen atoms in total. The largest absolute Gasteiger partial charge is 0.429 e. The fourth-order valence-electron chi connectivity index (χ4n) is 3.69. The molecule has 0 amide bonds. The summed E-state index contributed by atoms with van der Waals surface area (Å²) in [5.41, 5.74) is 0.607. The van der Waals surface area contributed by atoms with Crippen LogP contribution in [0, 0.1) is 11.6 Å². The molecule has 2 heterocycles. The first-order chi connectivity index (χ1) is 16.3. The van der Waals surface area contributed by atoms with Crippen LogP contribution >= 0.6 is 0 Å². The van der Waals surface area contributed by atoms with E-state index in [4.69, 9.17) is 1.37 Å². The Kier molecular flexibility index (Phi) is 10.7. The van der Waals surface area contributed by atoms with Gasteiger partial charge in [-0.25, -0.2) is 8.78 Å². The van der Waals surface area contributed by atoms with Gasteiger partial charge in [0.15, 0.2) is 0 Å².